The Hall–Kier alpha value is -1.95. The molecule has 0 fully saturated rings. The predicted octanol–water partition coefficient (Wildman–Crippen LogP) is 2.12. The van der Waals surface area contributed by atoms with E-state index in [1.807, 2.05) is 6.92 Å². The molecule has 0 aromatic heterocycles. The molecule has 0 aliphatic heterocycles. The molecule has 3 nitrogen and oxygen atoms in total. The first-order valence-electron chi connectivity index (χ1n) is 4.67. The zero-order chi connectivity index (χ0) is 11.3. The minimum absolute atomic E-state index is 0.383. The van der Waals surface area contributed by atoms with Gasteiger partial charge in [-0.05, 0) is 25.1 Å². The molecular weight excluding hydrogens is 190 g/mol. The molecule has 0 saturated carbocycles. The van der Waals surface area contributed by atoms with Crippen molar-refractivity contribution in [2.24, 2.45) is 0 Å². The summed E-state index contributed by atoms with van der Waals surface area (Å²) in [5.41, 5.74) is 0.694. The molecule has 0 unspecified atom stereocenters. The molecule has 0 aliphatic carbocycles. The number of amides is 1. The molecule has 3 heteroatoms. The number of hydrogen-bond donors (Lipinski definition) is 0. The second-order valence-corrected chi connectivity index (χ2v) is 3.05. The Kier molecular flexibility index (Phi) is 3.75. The van der Waals surface area contributed by atoms with Crippen molar-refractivity contribution in [3.05, 3.63) is 29.8 Å². The molecule has 15 heavy (non-hydrogen) atoms. The number of benzene rings is 1. The van der Waals surface area contributed by atoms with E-state index in [1.54, 1.807) is 31.3 Å². The molecule has 1 aromatic rings. The van der Waals surface area contributed by atoms with E-state index in [2.05, 4.69) is 5.92 Å². The Morgan fingerprint density at radius 2 is 2.33 bits per heavy atom. The first-order chi connectivity index (χ1) is 7.17. The lowest BCUT2D eigenvalue weighted by molar-refractivity contribution is 0.165. The minimum atomic E-state index is -0.383. The van der Waals surface area contributed by atoms with Gasteiger partial charge in [0.15, 0.2) is 0 Å². The van der Waals surface area contributed by atoms with Crippen molar-refractivity contribution in [3.63, 3.8) is 0 Å². The summed E-state index contributed by atoms with van der Waals surface area (Å²) in [7, 11) is 1.67. The van der Waals surface area contributed by atoms with Crippen molar-refractivity contribution in [2.45, 2.75) is 6.92 Å². The molecule has 0 spiro atoms. The molecule has 0 atom stereocenters. The van der Waals surface area contributed by atoms with E-state index in [9.17, 15) is 4.79 Å². The van der Waals surface area contributed by atoms with Gasteiger partial charge in [-0.3, -0.25) is 0 Å². The van der Waals surface area contributed by atoms with Crippen molar-refractivity contribution in [2.75, 3.05) is 13.6 Å². The summed E-state index contributed by atoms with van der Waals surface area (Å²) in [6.45, 7) is 2.48. The molecule has 1 aromatic carbocycles. The topological polar surface area (TPSA) is 29.5 Å². The van der Waals surface area contributed by atoms with Crippen molar-refractivity contribution in [1.82, 2.24) is 4.90 Å². The van der Waals surface area contributed by atoms with Gasteiger partial charge in [0.25, 0.3) is 0 Å². The SMILES string of the molecule is C#Cc1cccc(OC(=O)N(C)CC)c1. The van der Waals surface area contributed by atoms with Crippen LogP contribution >= 0.6 is 0 Å². The average molecular weight is 203 g/mol. The highest BCUT2D eigenvalue weighted by atomic mass is 16.6. The smallest absolute Gasteiger partial charge is 0.410 e. The Balaban J connectivity index is 2.73. The fraction of sp³-hybridized carbons (Fsp3) is 0.250. The highest BCUT2D eigenvalue weighted by Gasteiger charge is 2.08. The lowest BCUT2D eigenvalue weighted by atomic mass is 10.2. The number of carbonyl (C=O) groups is 1. The van der Waals surface area contributed by atoms with Gasteiger partial charge in [0, 0.05) is 19.2 Å². The second kappa shape index (κ2) is 5.06. The van der Waals surface area contributed by atoms with Gasteiger partial charge in [-0.1, -0.05) is 12.0 Å². The standard InChI is InChI=1S/C12H13NO2/c1-4-10-7-6-8-11(9-10)15-12(14)13(3)5-2/h1,6-9H,5H2,2-3H3. The van der Waals surface area contributed by atoms with Gasteiger partial charge in [0.2, 0.25) is 0 Å². The normalized spacial score (nSPS) is 9.13. The van der Waals surface area contributed by atoms with Crippen LogP contribution < -0.4 is 4.74 Å². The third kappa shape index (κ3) is 3.03. The van der Waals surface area contributed by atoms with Crippen molar-refractivity contribution in [1.29, 1.82) is 0 Å². The first-order valence-corrected chi connectivity index (χ1v) is 4.67. The van der Waals surface area contributed by atoms with Crippen LogP contribution in [0.1, 0.15) is 12.5 Å². The number of nitrogens with zero attached hydrogens (tertiary/aromatic N) is 1. The van der Waals surface area contributed by atoms with Crippen LogP contribution in [-0.4, -0.2) is 24.6 Å². The van der Waals surface area contributed by atoms with Gasteiger partial charge < -0.3 is 9.64 Å². The van der Waals surface area contributed by atoms with Crippen LogP contribution in [0, 0.1) is 12.3 Å². The summed E-state index contributed by atoms with van der Waals surface area (Å²) in [6, 6.07) is 6.88. The molecule has 0 aliphatic rings. The van der Waals surface area contributed by atoms with Gasteiger partial charge in [0.1, 0.15) is 5.75 Å². The molecule has 0 bridgehead atoms. The third-order valence-corrected chi connectivity index (χ3v) is 1.99. The molecule has 1 rings (SSSR count). The summed E-state index contributed by atoms with van der Waals surface area (Å²) in [6.07, 6.45) is 4.85. The number of terminal acetylenes is 1. The Morgan fingerprint density at radius 1 is 1.60 bits per heavy atom. The zero-order valence-corrected chi connectivity index (χ0v) is 8.86. The highest BCUT2D eigenvalue weighted by molar-refractivity contribution is 5.70. The zero-order valence-electron chi connectivity index (χ0n) is 8.86. The maximum Gasteiger partial charge on any atom is 0.414 e. The van der Waals surface area contributed by atoms with Gasteiger partial charge >= 0.3 is 6.09 Å². The molecule has 0 heterocycles. The van der Waals surface area contributed by atoms with Crippen molar-refractivity contribution < 1.29 is 9.53 Å². The summed E-state index contributed by atoms with van der Waals surface area (Å²) in [5.74, 6) is 2.95. The van der Waals surface area contributed by atoms with E-state index in [-0.39, 0.29) is 6.09 Å². The van der Waals surface area contributed by atoms with E-state index < -0.39 is 0 Å². The monoisotopic (exact) mass is 203 g/mol. The largest absolute Gasteiger partial charge is 0.414 e. The number of ether oxygens (including phenoxy) is 1. The fourth-order valence-electron chi connectivity index (χ4n) is 0.957. The van der Waals surface area contributed by atoms with Crippen LogP contribution in [0.4, 0.5) is 4.79 Å². The Labute approximate surface area is 89.7 Å². The maximum atomic E-state index is 11.4. The third-order valence-electron chi connectivity index (χ3n) is 1.99. The highest BCUT2D eigenvalue weighted by Crippen LogP contribution is 2.13. The van der Waals surface area contributed by atoms with E-state index in [1.165, 1.54) is 4.90 Å². The second-order valence-electron chi connectivity index (χ2n) is 3.05. The number of hydrogen-bond acceptors (Lipinski definition) is 2. The van der Waals surface area contributed by atoms with E-state index in [4.69, 9.17) is 11.2 Å². The van der Waals surface area contributed by atoms with Crippen LogP contribution in [0.2, 0.25) is 0 Å². The van der Waals surface area contributed by atoms with Crippen molar-refractivity contribution >= 4 is 6.09 Å². The summed E-state index contributed by atoms with van der Waals surface area (Å²) in [4.78, 5) is 12.9. The van der Waals surface area contributed by atoms with Gasteiger partial charge in [-0.15, -0.1) is 6.42 Å². The summed E-state index contributed by atoms with van der Waals surface area (Å²) in [5, 5.41) is 0. The van der Waals surface area contributed by atoms with E-state index in [0.29, 0.717) is 17.9 Å². The molecule has 1 amide bonds. The fourth-order valence-corrected chi connectivity index (χ4v) is 0.957. The molecule has 78 valence electrons. The minimum Gasteiger partial charge on any atom is -0.410 e. The maximum absolute atomic E-state index is 11.4. The average Bonchev–Trinajstić information content (AvgIpc) is 2.28. The van der Waals surface area contributed by atoms with Gasteiger partial charge in [-0.25, -0.2) is 4.79 Å². The van der Waals surface area contributed by atoms with E-state index >= 15 is 0 Å². The summed E-state index contributed by atoms with van der Waals surface area (Å²) >= 11 is 0. The van der Waals surface area contributed by atoms with Crippen LogP contribution in [-0.2, 0) is 0 Å². The number of rotatable bonds is 2. The molecule has 0 N–H and O–H groups in total. The Bertz CT molecular complexity index is 393. The van der Waals surface area contributed by atoms with Gasteiger partial charge in [0.05, 0.1) is 0 Å². The first kappa shape index (κ1) is 11.1. The quantitative estimate of drug-likeness (QED) is 0.689. The lowest BCUT2D eigenvalue weighted by Crippen LogP contribution is -2.29. The lowest BCUT2D eigenvalue weighted by Gasteiger charge is -2.14. The van der Waals surface area contributed by atoms with Crippen LogP contribution in [0.5, 0.6) is 5.75 Å². The molecule has 0 saturated heterocycles. The van der Waals surface area contributed by atoms with Crippen LogP contribution in [0.25, 0.3) is 0 Å². The molecule has 0 radical (unpaired) electrons. The van der Waals surface area contributed by atoms with Crippen LogP contribution in [0.15, 0.2) is 24.3 Å². The van der Waals surface area contributed by atoms with Gasteiger partial charge in [-0.2, -0.15) is 0 Å². The summed E-state index contributed by atoms with van der Waals surface area (Å²) < 4.78 is 5.10. The Morgan fingerprint density at radius 3 is 2.93 bits per heavy atom. The molecular formula is C12H13NO2. The van der Waals surface area contributed by atoms with Crippen LogP contribution in [0.3, 0.4) is 0 Å². The predicted molar refractivity (Wildman–Crippen MR) is 58.7 cm³/mol. The van der Waals surface area contributed by atoms with Crippen molar-refractivity contribution in [3.8, 4) is 18.1 Å². The number of carbonyl (C=O) groups excluding carboxylic acids is 1. The van der Waals surface area contributed by atoms with E-state index in [0.717, 1.165) is 0 Å².